The maximum Gasteiger partial charge on any atom is 0.239 e. The van der Waals surface area contributed by atoms with E-state index in [0.717, 1.165) is 12.8 Å². The number of carbonyl (C=O) groups is 2. The fraction of sp³-hybridized carbons (Fsp3) is 0.818. The molecule has 1 rings (SSSR count). The van der Waals surface area contributed by atoms with Crippen LogP contribution >= 0.6 is 0 Å². The van der Waals surface area contributed by atoms with Gasteiger partial charge in [-0.15, -0.1) is 0 Å². The number of ether oxygens (including phenoxy) is 1. The summed E-state index contributed by atoms with van der Waals surface area (Å²) in [6.45, 7) is 2.16. The van der Waals surface area contributed by atoms with Gasteiger partial charge in [-0.05, 0) is 12.8 Å². The van der Waals surface area contributed by atoms with E-state index < -0.39 is 0 Å². The number of rotatable bonds is 6. The fourth-order valence-electron chi connectivity index (χ4n) is 1.81. The van der Waals surface area contributed by atoms with Crippen LogP contribution in [0.5, 0.6) is 0 Å². The van der Waals surface area contributed by atoms with Crippen molar-refractivity contribution in [1.82, 2.24) is 10.2 Å². The summed E-state index contributed by atoms with van der Waals surface area (Å²) >= 11 is 0. The molecule has 2 amide bonds. The van der Waals surface area contributed by atoms with Crippen LogP contribution in [-0.2, 0) is 14.3 Å². The van der Waals surface area contributed by atoms with Crippen molar-refractivity contribution in [2.75, 3.05) is 33.4 Å². The van der Waals surface area contributed by atoms with Gasteiger partial charge in [-0.25, -0.2) is 0 Å². The zero-order valence-corrected chi connectivity index (χ0v) is 10.3. The van der Waals surface area contributed by atoms with Crippen LogP contribution in [0.15, 0.2) is 0 Å². The molecule has 0 saturated carbocycles. The van der Waals surface area contributed by atoms with E-state index in [9.17, 15) is 9.59 Å². The molecule has 0 bridgehead atoms. The number of amides is 2. The quantitative estimate of drug-likeness (QED) is 0.591. The van der Waals surface area contributed by atoms with Gasteiger partial charge in [0.15, 0.2) is 0 Å². The van der Waals surface area contributed by atoms with Crippen molar-refractivity contribution in [3.05, 3.63) is 0 Å². The highest BCUT2D eigenvalue weighted by Gasteiger charge is 2.25. The molecule has 0 aromatic carbocycles. The lowest BCUT2D eigenvalue weighted by molar-refractivity contribution is -0.135. The summed E-state index contributed by atoms with van der Waals surface area (Å²) in [5, 5.41) is 2.72. The van der Waals surface area contributed by atoms with Gasteiger partial charge in [0.1, 0.15) is 0 Å². The summed E-state index contributed by atoms with van der Waals surface area (Å²) in [5.74, 6) is -0.102. The molecule has 17 heavy (non-hydrogen) atoms. The zero-order valence-electron chi connectivity index (χ0n) is 10.3. The molecule has 6 heteroatoms. The minimum Gasteiger partial charge on any atom is -0.383 e. The Morgan fingerprint density at radius 3 is 3.12 bits per heavy atom. The molecule has 98 valence electrons. The van der Waals surface area contributed by atoms with Gasteiger partial charge < -0.3 is 20.7 Å². The minimum absolute atomic E-state index is 0.0408. The molecule has 6 nitrogen and oxygen atoms in total. The number of carbonyl (C=O) groups excluding carboxylic acids is 2. The Labute approximate surface area is 101 Å². The largest absolute Gasteiger partial charge is 0.383 e. The Bertz CT molecular complexity index is 271. The summed E-state index contributed by atoms with van der Waals surface area (Å²) in [6, 6.07) is -0.389. The molecule has 1 saturated heterocycles. The fourth-order valence-corrected chi connectivity index (χ4v) is 1.81. The highest BCUT2D eigenvalue weighted by Crippen LogP contribution is 2.09. The highest BCUT2D eigenvalue weighted by atomic mass is 16.5. The first kappa shape index (κ1) is 13.9. The van der Waals surface area contributed by atoms with Crippen molar-refractivity contribution in [3.8, 4) is 0 Å². The SMILES string of the molecule is COCCNC(=O)CCN1CCCC(N)C1=O. The van der Waals surface area contributed by atoms with Crippen molar-refractivity contribution < 1.29 is 14.3 Å². The topological polar surface area (TPSA) is 84.7 Å². The summed E-state index contributed by atoms with van der Waals surface area (Å²) in [7, 11) is 1.58. The minimum atomic E-state index is -0.389. The van der Waals surface area contributed by atoms with Crippen LogP contribution in [0.3, 0.4) is 0 Å². The number of nitrogens with zero attached hydrogens (tertiary/aromatic N) is 1. The maximum atomic E-state index is 11.6. The van der Waals surface area contributed by atoms with E-state index in [1.165, 1.54) is 0 Å². The average molecular weight is 243 g/mol. The lowest BCUT2D eigenvalue weighted by Crippen LogP contribution is -2.49. The Kier molecular flexibility index (Phi) is 5.93. The van der Waals surface area contributed by atoms with Crippen LogP contribution in [0.4, 0.5) is 0 Å². The van der Waals surface area contributed by atoms with E-state index >= 15 is 0 Å². The van der Waals surface area contributed by atoms with E-state index in [4.69, 9.17) is 10.5 Å². The summed E-state index contributed by atoms with van der Waals surface area (Å²) in [4.78, 5) is 24.7. The van der Waals surface area contributed by atoms with E-state index in [1.54, 1.807) is 12.0 Å². The number of likely N-dealkylation sites (tertiary alicyclic amines) is 1. The van der Waals surface area contributed by atoms with Crippen LogP contribution in [0.2, 0.25) is 0 Å². The van der Waals surface area contributed by atoms with Crippen LogP contribution < -0.4 is 11.1 Å². The molecule has 1 unspecified atom stereocenters. The van der Waals surface area contributed by atoms with Gasteiger partial charge in [0, 0.05) is 33.2 Å². The van der Waals surface area contributed by atoms with E-state index in [2.05, 4.69) is 5.32 Å². The van der Waals surface area contributed by atoms with E-state index in [-0.39, 0.29) is 17.9 Å². The van der Waals surface area contributed by atoms with E-state index in [0.29, 0.717) is 32.7 Å². The predicted octanol–water partition coefficient (Wildman–Crippen LogP) is -0.911. The van der Waals surface area contributed by atoms with Gasteiger partial charge in [0.05, 0.1) is 12.6 Å². The number of nitrogens with two attached hydrogens (primary N) is 1. The third kappa shape index (κ3) is 4.70. The standard InChI is InChI=1S/C11H21N3O3/c1-17-8-5-13-10(15)4-7-14-6-2-3-9(12)11(14)16/h9H,2-8,12H2,1H3,(H,13,15). The van der Waals surface area contributed by atoms with Crippen molar-refractivity contribution in [3.63, 3.8) is 0 Å². The third-order valence-corrected chi connectivity index (χ3v) is 2.81. The number of hydrogen-bond donors (Lipinski definition) is 2. The van der Waals surface area contributed by atoms with Crippen molar-refractivity contribution in [2.45, 2.75) is 25.3 Å². The molecular formula is C11H21N3O3. The van der Waals surface area contributed by atoms with Gasteiger partial charge in [-0.2, -0.15) is 0 Å². The molecule has 0 radical (unpaired) electrons. The van der Waals surface area contributed by atoms with Crippen LogP contribution in [-0.4, -0.2) is 56.1 Å². The number of methoxy groups -OCH3 is 1. The molecule has 1 fully saturated rings. The predicted molar refractivity (Wildman–Crippen MR) is 63.3 cm³/mol. The van der Waals surface area contributed by atoms with Crippen LogP contribution in [0.1, 0.15) is 19.3 Å². The normalized spacial score (nSPS) is 20.5. The van der Waals surface area contributed by atoms with Gasteiger partial charge >= 0.3 is 0 Å². The number of hydrogen-bond acceptors (Lipinski definition) is 4. The maximum absolute atomic E-state index is 11.6. The molecule has 1 heterocycles. The zero-order chi connectivity index (χ0) is 12.7. The average Bonchev–Trinajstić information content (AvgIpc) is 2.31. The van der Waals surface area contributed by atoms with Gasteiger partial charge in [0.2, 0.25) is 11.8 Å². The first-order chi connectivity index (χ1) is 8.15. The van der Waals surface area contributed by atoms with Crippen LogP contribution in [0, 0.1) is 0 Å². The van der Waals surface area contributed by atoms with E-state index in [1.807, 2.05) is 0 Å². The molecule has 0 aromatic rings. The Morgan fingerprint density at radius 1 is 1.65 bits per heavy atom. The molecule has 1 atom stereocenters. The summed E-state index contributed by atoms with van der Waals surface area (Å²) in [6.07, 6.45) is 1.98. The first-order valence-electron chi connectivity index (χ1n) is 5.95. The molecule has 1 aliphatic heterocycles. The van der Waals surface area contributed by atoms with Gasteiger partial charge in [0.25, 0.3) is 0 Å². The Balaban J connectivity index is 2.20. The number of piperidine rings is 1. The van der Waals surface area contributed by atoms with Crippen molar-refractivity contribution in [1.29, 1.82) is 0 Å². The Morgan fingerprint density at radius 2 is 2.41 bits per heavy atom. The second-order valence-corrected chi connectivity index (χ2v) is 4.17. The third-order valence-electron chi connectivity index (χ3n) is 2.81. The number of nitrogens with one attached hydrogen (secondary N) is 1. The van der Waals surface area contributed by atoms with Crippen molar-refractivity contribution in [2.24, 2.45) is 5.73 Å². The van der Waals surface area contributed by atoms with Crippen LogP contribution in [0.25, 0.3) is 0 Å². The smallest absolute Gasteiger partial charge is 0.239 e. The van der Waals surface area contributed by atoms with Gasteiger partial charge in [-0.3, -0.25) is 9.59 Å². The second kappa shape index (κ2) is 7.24. The molecule has 1 aliphatic rings. The lowest BCUT2D eigenvalue weighted by atomic mass is 10.1. The van der Waals surface area contributed by atoms with Crippen molar-refractivity contribution >= 4 is 11.8 Å². The second-order valence-electron chi connectivity index (χ2n) is 4.17. The lowest BCUT2D eigenvalue weighted by Gasteiger charge is -2.30. The molecule has 3 N–H and O–H groups in total. The molecule has 0 aliphatic carbocycles. The Hall–Kier alpha value is -1.14. The first-order valence-corrected chi connectivity index (χ1v) is 5.95. The van der Waals surface area contributed by atoms with Gasteiger partial charge in [-0.1, -0.05) is 0 Å². The molecule has 0 aromatic heterocycles. The summed E-state index contributed by atoms with van der Waals surface area (Å²) < 4.78 is 4.82. The summed E-state index contributed by atoms with van der Waals surface area (Å²) in [5.41, 5.74) is 5.66. The highest BCUT2D eigenvalue weighted by molar-refractivity contribution is 5.83. The molecule has 0 spiro atoms. The monoisotopic (exact) mass is 243 g/mol. The molecular weight excluding hydrogens is 222 g/mol.